The molecule has 0 amide bonds. The third kappa shape index (κ3) is 5.11. The van der Waals surface area contributed by atoms with E-state index in [9.17, 15) is 0 Å². The van der Waals surface area contributed by atoms with E-state index in [0.29, 0.717) is 41.6 Å². The molecule has 6 rings (SSSR count). The lowest BCUT2D eigenvalue weighted by Crippen LogP contribution is -2.45. The Morgan fingerprint density at radius 2 is 1.87 bits per heavy atom. The smallest absolute Gasteiger partial charge is 0.151 e. The van der Waals surface area contributed by atoms with Crippen LogP contribution in [-0.2, 0) is 11.3 Å². The Kier molecular flexibility index (Phi) is 7.01. The first-order valence-corrected chi connectivity index (χ1v) is 13.3. The van der Waals surface area contributed by atoms with Crippen LogP contribution >= 0.6 is 0 Å². The minimum atomic E-state index is -0.361. The van der Waals surface area contributed by atoms with Gasteiger partial charge in [0, 0.05) is 57.2 Å². The number of aryl methyl sites for hydroxylation is 1. The van der Waals surface area contributed by atoms with E-state index in [4.69, 9.17) is 4.74 Å². The van der Waals surface area contributed by atoms with Crippen molar-refractivity contribution in [1.29, 1.82) is 0 Å². The Labute approximate surface area is 221 Å². The van der Waals surface area contributed by atoms with E-state index in [-0.39, 0.29) is 11.9 Å². The second-order valence-electron chi connectivity index (χ2n) is 10.0. The van der Waals surface area contributed by atoms with Crippen LogP contribution in [0.3, 0.4) is 0 Å². The molecule has 4 aromatic rings. The molecule has 38 heavy (non-hydrogen) atoms. The molecular formula is C28H33FN8O. The molecule has 1 unspecified atom stereocenters. The highest BCUT2D eigenvalue weighted by Crippen LogP contribution is 2.32. The summed E-state index contributed by atoms with van der Waals surface area (Å²) in [5, 5.41) is 3.26. The van der Waals surface area contributed by atoms with Crippen molar-refractivity contribution >= 4 is 22.7 Å². The largest absolute Gasteiger partial charge is 0.379 e. The number of halogens is 1. The van der Waals surface area contributed by atoms with Gasteiger partial charge >= 0.3 is 0 Å². The maximum Gasteiger partial charge on any atom is 0.151 e. The van der Waals surface area contributed by atoms with Gasteiger partial charge in [-0.05, 0) is 43.7 Å². The maximum atomic E-state index is 15.1. The lowest BCUT2D eigenvalue weighted by molar-refractivity contribution is 0.132. The highest BCUT2D eigenvalue weighted by molar-refractivity contribution is 5.83. The van der Waals surface area contributed by atoms with Crippen LogP contribution in [0, 0.1) is 12.7 Å². The summed E-state index contributed by atoms with van der Waals surface area (Å²) in [6.45, 7) is 11.9. The van der Waals surface area contributed by atoms with Gasteiger partial charge < -0.3 is 19.5 Å². The number of anilines is 2. The average Bonchev–Trinajstić information content (AvgIpc) is 3.58. The molecule has 0 aliphatic carbocycles. The van der Waals surface area contributed by atoms with Crippen LogP contribution in [0.15, 0.2) is 42.9 Å². The first kappa shape index (κ1) is 24.8. The van der Waals surface area contributed by atoms with Crippen molar-refractivity contribution in [1.82, 2.24) is 34.3 Å². The van der Waals surface area contributed by atoms with Crippen LogP contribution in [0.5, 0.6) is 0 Å². The Hall–Kier alpha value is -3.47. The molecule has 0 bridgehead atoms. The Morgan fingerprint density at radius 3 is 2.61 bits per heavy atom. The molecule has 0 spiro atoms. The predicted molar refractivity (Wildman–Crippen MR) is 145 cm³/mol. The Balaban J connectivity index is 1.19. The predicted octanol–water partition coefficient (Wildman–Crippen LogP) is 4.18. The molecule has 2 saturated heterocycles. The van der Waals surface area contributed by atoms with E-state index >= 15 is 4.39 Å². The number of ether oxygens (including phenoxy) is 1. The Morgan fingerprint density at radius 1 is 1.03 bits per heavy atom. The minimum absolute atomic E-state index is 0.160. The SMILES string of the molecule is CCN1CCN(Cc2ccc(Nc3cc(-c4cc(F)c5nc(C)n(C6CCOC6)c5c4)ncn3)nc2)CC1. The second kappa shape index (κ2) is 10.7. The van der Waals surface area contributed by atoms with Gasteiger partial charge in [-0.3, -0.25) is 4.90 Å². The molecule has 0 radical (unpaired) electrons. The summed E-state index contributed by atoms with van der Waals surface area (Å²) < 4.78 is 22.8. The number of hydrogen-bond donors (Lipinski definition) is 1. The second-order valence-corrected chi connectivity index (χ2v) is 10.0. The van der Waals surface area contributed by atoms with Crippen molar-refractivity contribution in [3.05, 3.63) is 60.1 Å². The molecule has 2 aliphatic rings. The van der Waals surface area contributed by atoms with E-state index < -0.39 is 0 Å². The van der Waals surface area contributed by atoms with E-state index in [1.54, 1.807) is 0 Å². The van der Waals surface area contributed by atoms with Gasteiger partial charge in [-0.25, -0.2) is 24.3 Å². The van der Waals surface area contributed by atoms with Crippen LogP contribution < -0.4 is 5.32 Å². The fourth-order valence-electron chi connectivity index (χ4n) is 5.43. The van der Waals surface area contributed by atoms with Gasteiger partial charge in [0.15, 0.2) is 5.82 Å². The summed E-state index contributed by atoms with van der Waals surface area (Å²) >= 11 is 0. The average molecular weight is 517 g/mol. The van der Waals surface area contributed by atoms with Gasteiger partial charge in [0.25, 0.3) is 0 Å². The van der Waals surface area contributed by atoms with Crippen LogP contribution in [0.2, 0.25) is 0 Å². The topological polar surface area (TPSA) is 84.2 Å². The number of imidazole rings is 1. The van der Waals surface area contributed by atoms with E-state index in [2.05, 4.69) is 52.6 Å². The number of piperazine rings is 1. The lowest BCUT2D eigenvalue weighted by atomic mass is 10.1. The maximum absolute atomic E-state index is 15.1. The van der Waals surface area contributed by atoms with Crippen LogP contribution in [0.1, 0.15) is 30.8 Å². The molecule has 2 fully saturated rings. The molecule has 198 valence electrons. The molecule has 9 nitrogen and oxygen atoms in total. The summed E-state index contributed by atoms with van der Waals surface area (Å²) in [6.07, 6.45) is 4.29. The van der Waals surface area contributed by atoms with Crippen molar-refractivity contribution in [2.24, 2.45) is 0 Å². The minimum Gasteiger partial charge on any atom is -0.379 e. The van der Waals surface area contributed by atoms with E-state index in [1.807, 2.05) is 31.3 Å². The number of aromatic nitrogens is 5. The summed E-state index contributed by atoms with van der Waals surface area (Å²) in [4.78, 5) is 22.8. The summed E-state index contributed by atoms with van der Waals surface area (Å²) in [7, 11) is 0. The van der Waals surface area contributed by atoms with Gasteiger partial charge in [-0.15, -0.1) is 0 Å². The molecule has 0 saturated carbocycles. The number of pyridine rings is 1. The zero-order chi connectivity index (χ0) is 26.1. The normalized spacial score (nSPS) is 18.9. The number of likely N-dealkylation sites (N-methyl/N-ethyl adjacent to an activating group) is 1. The van der Waals surface area contributed by atoms with Gasteiger partial charge in [-0.2, -0.15) is 0 Å². The van der Waals surface area contributed by atoms with E-state index in [0.717, 1.165) is 57.0 Å². The first-order chi connectivity index (χ1) is 18.6. The van der Waals surface area contributed by atoms with Crippen molar-refractivity contribution in [2.45, 2.75) is 32.9 Å². The fourth-order valence-corrected chi connectivity index (χ4v) is 5.43. The third-order valence-corrected chi connectivity index (χ3v) is 7.56. The Bertz CT molecular complexity index is 1410. The molecule has 3 aromatic heterocycles. The number of nitrogens with zero attached hydrogens (tertiary/aromatic N) is 7. The highest BCUT2D eigenvalue weighted by atomic mass is 19.1. The molecule has 1 aromatic carbocycles. The third-order valence-electron chi connectivity index (χ3n) is 7.56. The standard InChI is InChI=1S/C28H33FN8O/c1-3-35-7-9-36(10-8-35)16-20-4-5-26(30-15-20)34-27-14-24(31-18-32-27)21-12-23(29)28-25(13-21)37(19(2)33-28)22-6-11-38-17-22/h4-5,12-15,18,22H,3,6-11,16-17H2,1-2H3,(H,30,31,32,34). The van der Waals surface area contributed by atoms with E-state index in [1.165, 1.54) is 18.0 Å². The van der Waals surface area contributed by atoms with Crippen LogP contribution in [-0.4, -0.2) is 80.2 Å². The van der Waals surface area contributed by atoms with Crippen molar-refractivity contribution in [3.63, 3.8) is 0 Å². The van der Waals surface area contributed by atoms with Gasteiger partial charge in [0.1, 0.15) is 29.3 Å². The number of benzene rings is 1. The van der Waals surface area contributed by atoms with Gasteiger partial charge in [-0.1, -0.05) is 13.0 Å². The zero-order valence-corrected chi connectivity index (χ0v) is 21.9. The van der Waals surface area contributed by atoms with Crippen LogP contribution in [0.25, 0.3) is 22.3 Å². The number of nitrogens with one attached hydrogen (secondary N) is 1. The number of rotatable bonds is 7. The van der Waals surface area contributed by atoms with Crippen molar-refractivity contribution in [2.75, 3.05) is 51.3 Å². The van der Waals surface area contributed by atoms with Gasteiger partial charge in [0.2, 0.25) is 0 Å². The van der Waals surface area contributed by atoms with Crippen molar-refractivity contribution < 1.29 is 9.13 Å². The van der Waals surface area contributed by atoms with Crippen LogP contribution in [0.4, 0.5) is 16.0 Å². The molecule has 10 heteroatoms. The summed E-state index contributed by atoms with van der Waals surface area (Å²) in [6, 6.07) is 9.49. The molecule has 1 atom stereocenters. The molecule has 2 aliphatic heterocycles. The van der Waals surface area contributed by atoms with Gasteiger partial charge in [0.05, 0.1) is 23.9 Å². The molecule has 1 N–H and O–H groups in total. The summed E-state index contributed by atoms with van der Waals surface area (Å²) in [5.41, 5.74) is 3.62. The quantitative estimate of drug-likeness (QED) is 0.392. The molecular weight excluding hydrogens is 483 g/mol. The first-order valence-electron chi connectivity index (χ1n) is 13.3. The monoisotopic (exact) mass is 516 g/mol. The molecule has 5 heterocycles. The number of fused-ring (bicyclic) bond motifs is 1. The summed E-state index contributed by atoms with van der Waals surface area (Å²) in [5.74, 6) is 1.72. The fraction of sp³-hybridized carbons (Fsp3) is 0.429. The zero-order valence-electron chi connectivity index (χ0n) is 21.9. The lowest BCUT2D eigenvalue weighted by Gasteiger charge is -2.33. The highest BCUT2D eigenvalue weighted by Gasteiger charge is 2.24. The number of hydrogen-bond acceptors (Lipinski definition) is 8. The van der Waals surface area contributed by atoms with Crippen molar-refractivity contribution in [3.8, 4) is 11.3 Å².